The first-order valence-electron chi connectivity index (χ1n) is 10.3. The maximum atomic E-state index is 6.78. The Hall–Kier alpha value is 1.14. The molecule has 0 heterocycles. The average Bonchev–Trinajstić information content (AvgIpc) is 2.14. The first-order valence-corrected chi connectivity index (χ1v) is 29.0. The van der Waals surface area contributed by atoms with Gasteiger partial charge in [-0.25, -0.2) is 0 Å². The van der Waals surface area contributed by atoms with E-state index in [1.807, 2.05) is 0 Å². The summed E-state index contributed by atoms with van der Waals surface area (Å²) in [5.41, 5.74) is 0. The minimum absolute atomic E-state index is 0.928. The van der Waals surface area contributed by atoms with Crippen molar-refractivity contribution in [2.75, 3.05) is 0 Å². The van der Waals surface area contributed by atoms with Gasteiger partial charge in [-0.3, -0.25) is 0 Å². The van der Waals surface area contributed by atoms with Crippen molar-refractivity contribution in [1.29, 1.82) is 0 Å². The maximum absolute atomic E-state index is 6.78. The van der Waals surface area contributed by atoms with Gasteiger partial charge in [-0.15, -0.1) is 0 Å². The van der Waals surface area contributed by atoms with E-state index in [0.717, 1.165) is 18.5 Å². The second kappa shape index (κ2) is 9.52. The summed E-state index contributed by atoms with van der Waals surface area (Å²) in [5.74, 6) is 0. The highest BCUT2D eigenvalue weighted by atomic mass is 28.5. The van der Waals surface area contributed by atoms with Crippen LogP contribution in [0.1, 0.15) is 6.42 Å². The molecule has 0 aliphatic heterocycles. The fraction of sp³-hybridized carbons (Fsp3) is 1.00. The Kier molecular flexibility index (Phi) is 9.92. The van der Waals surface area contributed by atoms with Crippen LogP contribution < -0.4 is 0 Å². The molecule has 0 spiro atoms. The van der Waals surface area contributed by atoms with Crippen LogP contribution in [0.25, 0.3) is 0 Å². The van der Waals surface area contributed by atoms with E-state index in [4.69, 9.17) is 16.5 Å². The van der Waals surface area contributed by atoms with Crippen molar-refractivity contribution in [3.8, 4) is 0 Å². The van der Waals surface area contributed by atoms with Gasteiger partial charge in [0.15, 0.2) is 41.6 Å². The molecule has 0 saturated carbocycles. The predicted octanol–water partition coefficient (Wildman–Crippen LogP) is 6.93. The van der Waals surface area contributed by atoms with Crippen LogP contribution in [0, 0.1) is 0 Å². The highest BCUT2D eigenvalue weighted by Crippen LogP contribution is 2.32. The number of hydrogen-bond acceptors (Lipinski definition) is 4. The maximum Gasteiger partial charge on any atom is 0.469 e. The van der Waals surface area contributed by atoms with Gasteiger partial charge >= 0.3 is 8.80 Å². The van der Waals surface area contributed by atoms with Gasteiger partial charge in [0, 0.05) is 6.04 Å². The monoisotopic (exact) mass is 484 g/mol. The molecule has 0 radical (unpaired) electrons. The second-order valence-electron chi connectivity index (χ2n) is 12.2. The van der Waals surface area contributed by atoms with E-state index in [1.165, 1.54) is 0 Å². The molecule has 0 atom stereocenters. The molecule has 27 heavy (non-hydrogen) atoms. The van der Waals surface area contributed by atoms with Crippen LogP contribution in [0.4, 0.5) is 0 Å². The molecule has 0 rings (SSSR count). The Labute approximate surface area is 176 Å². The van der Waals surface area contributed by atoms with E-state index < -0.39 is 50.4 Å². The number of hydrogen-bond donors (Lipinski definition) is 0. The lowest BCUT2D eigenvalue weighted by Crippen LogP contribution is -2.60. The van der Waals surface area contributed by atoms with E-state index in [-0.39, 0.29) is 0 Å². The first kappa shape index (κ1) is 28.1. The molecule has 0 aromatic carbocycles. The van der Waals surface area contributed by atoms with Crippen LogP contribution in [0.15, 0.2) is 0 Å². The number of rotatable bonds is 12. The summed E-state index contributed by atoms with van der Waals surface area (Å²) in [7, 11) is -11.2. The van der Waals surface area contributed by atoms with Crippen LogP contribution in [0.2, 0.25) is 104 Å². The van der Waals surface area contributed by atoms with E-state index in [9.17, 15) is 0 Å². The summed E-state index contributed by atoms with van der Waals surface area (Å²) < 4.78 is 26.9. The fourth-order valence-electron chi connectivity index (χ4n) is 3.23. The molecule has 0 amide bonds. The van der Waals surface area contributed by atoms with Crippen molar-refractivity contribution in [3.05, 3.63) is 0 Å². The Morgan fingerprint density at radius 3 is 0.963 bits per heavy atom. The second-order valence-corrected chi connectivity index (χ2v) is 38.2. The molecule has 0 N–H and O–H groups in total. The molecule has 0 fully saturated rings. The Morgan fingerprint density at radius 1 is 0.407 bits per heavy atom. The predicted molar refractivity (Wildman–Crippen MR) is 135 cm³/mol. The van der Waals surface area contributed by atoms with E-state index in [2.05, 4.69) is 91.7 Å². The van der Waals surface area contributed by atoms with Crippen LogP contribution in [-0.2, 0) is 16.5 Å². The third kappa shape index (κ3) is 15.6. The van der Waals surface area contributed by atoms with E-state index >= 15 is 0 Å². The standard InChI is InChI=1S/C17H48O4Si6/c1-22(2,3)18-26(13,14)16-15-17-27(19-23(4,5)6,20-24(7,8)9)21-25(10,11)12/h15-17H2,1-14H3. The van der Waals surface area contributed by atoms with Crippen molar-refractivity contribution in [3.63, 3.8) is 0 Å². The Morgan fingerprint density at radius 2 is 0.704 bits per heavy atom. The summed E-state index contributed by atoms with van der Waals surface area (Å²) in [4.78, 5) is 0. The lowest BCUT2D eigenvalue weighted by Gasteiger charge is -2.43. The minimum Gasteiger partial charge on any atom is -0.456 e. The van der Waals surface area contributed by atoms with E-state index in [1.54, 1.807) is 0 Å². The largest absolute Gasteiger partial charge is 0.469 e. The SMILES string of the molecule is C[Si](C)(C)O[Si](C)(C)CCC[Si](O[Si](C)(C)C)(O[Si](C)(C)C)O[Si](C)(C)C. The molecule has 0 aromatic heterocycles. The highest BCUT2D eigenvalue weighted by molar-refractivity contribution is 6.90. The van der Waals surface area contributed by atoms with Gasteiger partial charge in [0.25, 0.3) is 0 Å². The summed E-state index contributed by atoms with van der Waals surface area (Å²) >= 11 is 0. The Bertz CT molecular complexity index is 417. The average molecular weight is 485 g/mol. The van der Waals surface area contributed by atoms with Gasteiger partial charge < -0.3 is 16.5 Å². The fourth-order valence-corrected chi connectivity index (χ4v) is 26.3. The molecule has 0 unspecified atom stereocenters. The van der Waals surface area contributed by atoms with Gasteiger partial charge in [-0.1, -0.05) is 0 Å². The van der Waals surface area contributed by atoms with Crippen LogP contribution >= 0.6 is 0 Å². The minimum atomic E-state index is -2.70. The van der Waals surface area contributed by atoms with Crippen molar-refractivity contribution >= 4 is 50.4 Å². The third-order valence-electron chi connectivity index (χ3n) is 3.23. The molecule has 164 valence electrons. The zero-order chi connectivity index (χ0) is 21.9. The summed E-state index contributed by atoms with van der Waals surface area (Å²) in [6, 6.07) is 2.07. The van der Waals surface area contributed by atoms with Crippen LogP contribution in [-0.4, -0.2) is 50.4 Å². The van der Waals surface area contributed by atoms with Crippen LogP contribution in [0.3, 0.4) is 0 Å². The van der Waals surface area contributed by atoms with Crippen molar-refractivity contribution < 1.29 is 16.5 Å². The molecule has 0 aromatic rings. The zero-order valence-electron chi connectivity index (χ0n) is 20.8. The van der Waals surface area contributed by atoms with Gasteiger partial charge in [0.2, 0.25) is 0 Å². The Balaban J connectivity index is 5.49. The summed E-state index contributed by atoms with van der Waals surface area (Å²) in [6.07, 6.45) is 1.08. The van der Waals surface area contributed by atoms with Gasteiger partial charge in [0.1, 0.15) is 0 Å². The van der Waals surface area contributed by atoms with Gasteiger partial charge in [0.05, 0.1) is 0 Å². The van der Waals surface area contributed by atoms with Crippen molar-refractivity contribution in [2.24, 2.45) is 0 Å². The molecule has 10 heteroatoms. The third-order valence-corrected chi connectivity index (χ3v) is 21.5. The zero-order valence-corrected chi connectivity index (χ0v) is 26.8. The van der Waals surface area contributed by atoms with Crippen molar-refractivity contribution in [1.82, 2.24) is 0 Å². The summed E-state index contributed by atoms with van der Waals surface area (Å²) in [5, 5.41) is 0. The molecular formula is C17H48O4Si6. The van der Waals surface area contributed by atoms with Crippen molar-refractivity contribution in [2.45, 2.75) is 110 Å². The lowest BCUT2D eigenvalue weighted by atomic mass is 10.6. The van der Waals surface area contributed by atoms with Gasteiger partial charge in [-0.2, -0.15) is 0 Å². The smallest absolute Gasteiger partial charge is 0.456 e. The van der Waals surface area contributed by atoms with Gasteiger partial charge in [-0.05, 0) is 104 Å². The van der Waals surface area contributed by atoms with Crippen LogP contribution in [0.5, 0.6) is 0 Å². The molecule has 0 saturated heterocycles. The first-order chi connectivity index (χ1) is 11.5. The highest BCUT2D eigenvalue weighted by Gasteiger charge is 2.49. The summed E-state index contributed by atoms with van der Waals surface area (Å²) in [6.45, 7) is 31.9. The molecule has 0 bridgehead atoms. The molecular weight excluding hydrogens is 437 g/mol. The molecule has 4 nitrogen and oxygen atoms in total. The topological polar surface area (TPSA) is 36.9 Å². The molecule has 0 aliphatic carbocycles. The normalized spacial score (nSPS) is 15.3. The lowest BCUT2D eigenvalue weighted by molar-refractivity contribution is 0.251. The quantitative estimate of drug-likeness (QED) is 0.281. The molecule has 0 aliphatic rings. The van der Waals surface area contributed by atoms with E-state index in [0.29, 0.717) is 0 Å².